The molecule has 2 aliphatic heterocycles. The zero-order chi connectivity index (χ0) is 24.9. The number of aliphatic imine (C=N–C) groups is 1. The summed E-state index contributed by atoms with van der Waals surface area (Å²) in [7, 11) is 0. The number of phenols is 1. The lowest BCUT2D eigenvalue weighted by molar-refractivity contribution is -0.122. The van der Waals surface area contributed by atoms with E-state index in [1.54, 1.807) is 59.2 Å². The highest BCUT2D eigenvalue weighted by Gasteiger charge is 2.32. The van der Waals surface area contributed by atoms with Crippen LogP contribution in [0.25, 0.3) is 6.08 Å². The molecule has 2 heterocycles. The molecule has 0 radical (unpaired) electrons. The molecule has 0 bridgehead atoms. The smallest absolute Gasteiger partial charge is 0.266 e. The molecule has 2 amide bonds. The maximum atomic E-state index is 13.1. The molecule has 1 N–H and O–H groups in total. The van der Waals surface area contributed by atoms with Gasteiger partial charge in [-0.3, -0.25) is 14.5 Å². The van der Waals surface area contributed by atoms with Crippen LogP contribution >= 0.6 is 23.4 Å². The summed E-state index contributed by atoms with van der Waals surface area (Å²) in [5, 5.41) is 10.7. The zero-order valence-electron chi connectivity index (χ0n) is 19.5. The second-order valence-electron chi connectivity index (χ2n) is 7.79. The first kappa shape index (κ1) is 25.1. The Morgan fingerprint density at radius 1 is 1.26 bits per heavy atom. The summed E-state index contributed by atoms with van der Waals surface area (Å²) in [6.07, 6.45) is 1.70. The van der Waals surface area contributed by atoms with E-state index in [9.17, 15) is 14.7 Å². The van der Waals surface area contributed by atoms with Crippen LogP contribution in [0.4, 0.5) is 5.69 Å². The number of hydrogen-bond donors (Lipinski definition) is 1. The van der Waals surface area contributed by atoms with Gasteiger partial charge in [-0.25, -0.2) is 4.99 Å². The van der Waals surface area contributed by atoms with E-state index in [4.69, 9.17) is 21.1 Å². The molecule has 2 aliphatic rings. The Kier molecular flexibility index (Phi) is 8.00. The number of hydrogen-bond acceptors (Lipinski definition) is 7. The molecule has 4 rings (SSSR count). The van der Waals surface area contributed by atoms with Gasteiger partial charge in [-0.05, 0) is 67.6 Å². The second-order valence-corrected chi connectivity index (χ2v) is 9.21. The summed E-state index contributed by atoms with van der Waals surface area (Å²) < 4.78 is 10.8. The Bertz CT molecular complexity index is 1190. The average Bonchev–Trinajstić information content (AvgIpc) is 3.15. The lowest BCUT2D eigenvalue weighted by Crippen LogP contribution is -2.40. The standard InChI is InChI=1S/C25H26ClN3O5S/c1-3-29-24(32)21(14-16-12-19(26)22(30)20(13-16)34-4-2)35-25(29)27-18-7-5-6-17(15-18)23(31)28-8-10-33-11-9-28/h5-7,12-15,30H,3-4,8-11H2,1-2H3/b21-14+,27-25?. The number of carbonyl (C=O) groups is 2. The molecule has 2 aromatic rings. The maximum absolute atomic E-state index is 13.1. The number of amidine groups is 1. The number of rotatable bonds is 6. The minimum Gasteiger partial charge on any atom is -0.503 e. The number of carbonyl (C=O) groups excluding carboxylic acids is 2. The molecule has 35 heavy (non-hydrogen) atoms. The van der Waals surface area contributed by atoms with Gasteiger partial charge >= 0.3 is 0 Å². The number of nitrogens with zero attached hydrogens (tertiary/aromatic N) is 3. The van der Waals surface area contributed by atoms with Crippen molar-refractivity contribution in [3.05, 3.63) is 57.5 Å². The number of aromatic hydroxyl groups is 1. The summed E-state index contributed by atoms with van der Waals surface area (Å²) in [6.45, 7) is 6.68. The third-order valence-corrected chi connectivity index (χ3v) is 6.76. The highest BCUT2D eigenvalue weighted by Crippen LogP contribution is 2.38. The van der Waals surface area contributed by atoms with Crippen LogP contribution in [-0.2, 0) is 9.53 Å². The molecule has 2 aromatic carbocycles. The fourth-order valence-corrected chi connectivity index (χ4v) is 5.01. The third kappa shape index (κ3) is 5.63. The SMILES string of the molecule is CCOc1cc(/C=C2/SC(=Nc3cccc(C(=O)N4CCOCC4)c3)N(CC)C2=O)cc(Cl)c1O. The van der Waals surface area contributed by atoms with Crippen LogP contribution in [0.5, 0.6) is 11.5 Å². The monoisotopic (exact) mass is 515 g/mol. The Morgan fingerprint density at radius 3 is 2.74 bits per heavy atom. The predicted octanol–water partition coefficient (Wildman–Crippen LogP) is 4.54. The minimum absolute atomic E-state index is 0.0623. The normalized spacial score (nSPS) is 18.5. The van der Waals surface area contributed by atoms with E-state index in [1.807, 2.05) is 6.92 Å². The van der Waals surface area contributed by atoms with Crippen LogP contribution in [-0.4, -0.2) is 71.3 Å². The Morgan fingerprint density at radius 2 is 2.03 bits per heavy atom. The molecule has 184 valence electrons. The van der Waals surface area contributed by atoms with E-state index < -0.39 is 0 Å². The number of phenolic OH excluding ortho intramolecular Hbond substituents is 1. The van der Waals surface area contributed by atoms with E-state index in [1.165, 1.54) is 11.8 Å². The summed E-state index contributed by atoms with van der Waals surface area (Å²) in [5.41, 5.74) is 1.76. The van der Waals surface area contributed by atoms with Gasteiger partial charge < -0.3 is 19.5 Å². The van der Waals surface area contributed by atoms with Crippen molar-refractivity contribution in [2.24, 2.45) is 4.99 Å². The second kappa shape index (κ2) is 11.2. The number of benzene rings is 2. The van der Waals surface area contributed by atoms with E-state index in [-0.39, 0.29) is 28.3 Å². The van der Waals surface area contributed by atoms with E-state index >= 15 is 0 Å². The number of amides is 2. The molecule has 10 heteroatoms. The van der Waals surface area contributed by atoms with Crippen molar-refractivity contribution in [1.82, 2.24) is 9.80 Å². The van der Waals surface area contributed by atoms with Crippen LogP contribution in [0.15, 0.2) is 46.3 Å². The number of halogens is 1. The number of likely N-dealkylation sites (N-methyl/N-ethyl adjacent to an activating group) is 1. The molecule has 2 saturated heterocycles. The largest absolute Gasteiger partial charge is 0.503 e. The van der Waals surface area contributed by atoms with Gasteiger partial charge in [0.25, 0.3) is 11.8 Å². The molecule has 0 atom stereocenters. The quantitative estimate of drug-likeness (QED) is 0.568. The van der Waals surface area contributed by atoms with E-state index in [0.29, 0.717) is 66.3 Å². The molecule has 0 unspecified atom stereocenters. The molecule has 0 aromatic heterocycles. The van der Waals surface area contributed by atoms with Gasteiger partial charge in [-0.2, -0.15) is 0 Å². The fourth-order valence-electron chi connectivity index (χ4n) is 3.73. The van der Waals surface area contributed by atoms with Crippen molar-refractivity contribution in [2.45, 2.75) is 13.8 Å². The molecule has 0 saturated carbocycles. The predicted molar refractivity (Wildman–Crippen MR) is 138 cm³/mol. The van der Waals surface area contributed by atoms with Crippen molar-refractivity contribution in [3.8, 4) is 11.5 Å². The highest BCUT2D eigenvalue weighted by atomic mass is 35.5. The lowest BCUT2D eigenvalue weighted by Gasteiger charge is -2.26. The number of morpholine rings is 1. The number of thioether (sulfide) groups is 1. The minimum atomic E-state index is -0.182. The zero-order valence-corrected chi connectivity index (χ0v) is 21.1. The maximum Gasteiger partial charge on any atom is 0.266 e. The van der Waals surface area contributed by atoms with Crippen molar-refractivity contribution >= 4 is 52.1 Å². The van der Waals surface area contributed by atoms with Crippen LogP contribution in [0.2, 0.25) is 5.02 Å². The van der Waals surface area contributed by atoms with Crippen LogP contribution in [0, 0.1) is 0 Å². The topological polar surface area (TPSA) is 91.7 Å². The first-order valence-corrected chi connectivity index (χ1v) is 12.5. The Balaban J connectivity index is 1.60. The van der Waals surface area contributed by atoms with Gasteiger partial charge in [-0.1, -0.05) is 17.7 Å². The van der Waals surface area contributed by atoms with Crippen LogP contribution < -0.4 is 4.74 Å². The van der Waals surface area contributed by atoms with Crippen LogP contribution in [0.1, 0.15) is 29.8 Å². The van der Waals surface area contributed by atoms with Crippen molar-refractivity contribution in [1.29, 1.82) is 0 Å². The molecule has 0 aliphatic carbocycles. The molecular formula is C25H26ClN3O5S. The molecule has 2 fully saturated rings. The first-order valence-electron chi connectivity index (χ1n) is 11.3. The van der Waals surface area contributed by atoms with Crippen molar-refractivity contribution in [2.75, 3.05) is 39.5 Å². The number of ether oxygens (including phenoxy) is 2. The van der Waals surface area contributed by atoms with Gasteiger partial charge in [0.2, 0.25) is 0 Å². The van der Waals surface area contributed by atoms with Gasteiger partial charge in [0, 0.05) is 25.2 Å². The first-order chi connectivity index (χ1) is 16.9. The summed E-state index contributed by atoms with van der Waals surface area (Å²) in [4.78, 5) is 34.4. The lowest BCUT2D eigenvalue weighted by atomic mass is 10.1. The summed E-state index contributed by atoms with van der Waals surface area (Å²) >= 11 is 7.38. The molecule has 8 nitrogen and oxygen atoms in total. The van der Waals surface area contributed by atoms with Gasteiger partial charge in [-0.15, -0.1) is 0 Å². The molecular weight excluding hydrogens is 490 g/mol. The highest BCUT2D eigenvalue weighted by molar-refractivity contribution is 8.18. The Hall–Kier alpha value is -3.01. The van der Waals surface area contributed by atoms with E-state index in [2.05, 4.69) is 4.99 Å². The summed E-state index contributed by atoms with van der Waals surface area (Å²) in [6, 6.07) is 10.3. The van der Waals surface area contributed by atoms with Gasteiger partial charge in [0.05, 0.1) is 35.4 Å². The fraction of sp³-hybridized carbons (Fsp3) is 0.320. The Labute approximate surface area is 213 Å². The van der Waals surface area contributed by atoms with Gasteiger partial charge in [0.15, 0.2) is 16.7 Å². The molecule has 0 spiro atoms. The van der Waals surface area contributed by atoms with Crippen molar-refractivity contribution < 1.29 is 24.2 Å². The van der Waals surface area contributed by atoms with Crippen LogP contribution in [0.3, 0.4) is 0 Å². The van der Waals surface area contributed by atoms with E-state index in [0.717, 1.165) is 0 Å². The van der Waals surface area contributed by atoms with Crippen molar-refractivity contribution in [3.63, 3.8) is 0 Å². The van der Waals surface area contributed by atoms with Gasteiger partial charge in [0.1, 0.15) is 0 Å². The summed E-state index contributed by atoms with van der Waals surface area (Å²) in [5.74, 6) is -0.123. The average molecular weight is 516 g/mol. The third-order valence-electron chi connectivity index (χ3n) is 5.47.